The minimum Gasteiger partial charge on any atom is -0.479 e. The van der Waals surface area contributed by atoms with E-state index in [1.165, 1.54) is 0 Å². The summed E-state index contributed by atoms with van der Waals surface area (Å²) in [6.07, 6.45) is 0.488. The van der Waals surface area contributed by atoms with E-state index in [2.05, 4.69) is 6.92 Å². The molecule has 0 heterocycles. The van der Waals surface area contributed by atoms with E-state index in [1.54, 1.807) is 0 Å². The summed E-state index contributed by atoms with van der Waals surface area (Å²) in [4.78, 5) is 11.2. The van der Waals surface area contributed by atoms with Crippen molar-refractivity contribution in [3.8, 4) is 0 Å². The van der Waals surface area contributed by atoms with Gasteiger partial charge >= 0.3 is 5.97 Å². The number of hydrogen-bond acceptors (Lipinski definition) is 3. The molecule has 0 saturated carbocycles. The van der Waals surface area contributed by atoms with E-state index in [0.717, 1.165) is 12.0 Å². The van der Waals surface area contributed by atoms with Crippen LogP contribution < -0.4 is 5.73 Å². The minimum atomic E-state index is -0.944. The Balaban J connectivity index is 2.52. The average molecular weight is 265 g/mol. The number of carboxylic acid groups (broad SMARTS) is 1. The number of carboxylic acids is 1. The van der Waals surface area contributed by atoms with E-state index in [4.69, 9.17) is 10.5 Å². The third-order valence-corrected chi connectivity index (χ3v) is 3.40. The second-order valence-electron chi connectivity index (χ2n) is 4.90. The maximum Gasteiger partial charge on any atom is 0.333 e. The first-order valence-corrected chi connectivity index (χ1v) is 6.68. The lowest BCUT2D eigenvalue weighted by Crippen LogP contribution is -2.37. The molecule has 1 aromatic rings. The van der Waals surface area contributed by atoms with Crippen molar-refractivity contribution in [1.82, 2.24) is 0 Å². The van der Waals surface area contributed by atoms with Gasteiger partial charge < -0.3 is 15.6 Å². The fraction of sp³-hybridized carbons (Fsp3) is 0.533. The summed E-state index contributed by atoms with van der Waals surface area (Å²) in [7, 11) is 0. The number of benzene rings is 1. The molecule has 0 aromatic heterocycles. The molecule has 0 fully saturated rings. The van der Waals surface area contributed by atoms with Crippen LogP contribution in [0.25, 0.3) is 0 Å². The smallest absolute Gasteiger partial charge is 0.333 e. The molecule has 0 bridgehead atoms. The van der Waals surface area contributed by atoms with Crippen LogP contribution in [0.15, 0.2) is 30.3 Å². The predicted molar refractivity (Wildman–Crippen MR) is 75.0 cm³/mol. The quantitative estimate of drug-likeness (QED) is 0.754. The van der Waals surface area contributed by atoms with Crippen LogP contribution in [0.1, 0.15) is 25.8 Å². The van der Waals surface area contributed by atoms with Gasteiger partial charge in [-0.25, -0.2) is 4.79 Å². The summed E-state index contributed by atoms with van der Waals surface area (Å²) in [5, 5.41) is 9.18. The molecular formula is C15H23NO3. The molecule has 3 atom stereocenters. The van der Waals surface area contributed by atoms with Gasteiger partial charge in [0.05, 0.1) is 6.61 Å². The average Bonchev–Trinajstić information content (AvgIpc) is 2.42. The van der Waals surface area contributed by atoms with Gasteiger partial charge in [0.2, 0.25) is 0 Å². The van der Waals surface area contributed by atoms with Gasteiger partial charge in [-0.3, -0.25) is 0 Å². The molecule has 0 aliphatic heterocycles. The standard InChI is InChI=1S/C15H23NO3/c1-3-11(2)13(16)10-19-14(15(17)18)9-12-7-5-4-6-8-12/h4-8,11,13-14H,3,9-10,16H2,1-2H3,(H,17,18)/t11?,13-,14-/m1/s1. The fourth-order valence-corrected chi connectivity index (χ4v) is 1.74. The number of aliphatic carboxylic acids is 1. The highest BCUT2D eigenvalue weighted by Crippen LogP contribution is 2.10. The molecule has 0 saturated heterocycles. The molecular weight excluding hydrogens is 242 g/mol. The molecule has 19 heavy (non-hydrogen) atoms. The van der Waals surface area contributed by atoms with Crippen molar-refractivity contribution in [2.75, 3.05) is 6.61 Å². The molecule has 4 nitrogen and oxygen atoms in total. The van der Waals surface area contributed by atoms with Crippen molar-refractivity contribution in [2.45, 2.75) is 38.8 Å². The first kappa shape index (κ1) is 15.7. The lowest BCUT2D eigenvalue weighted by molar-refractivity contribution is -0.150. The van der Waals surface area contributed by atoms with Crippen LogP contribution in [0.5, 0.6) is 0 Å². The minimum absolute atomic E-state index is 0.123. The van der Waals surface area contributed by atoms with E-state index in [-0.39, 0.29) is 12.6 Å². The van der Waals surface area contributed by atoms with Crippen LogP contribution in [0.2, 0.25) is 0 Å². The molecule has 106 valence electrons. The van der Waals surface area contributed by atoms with E-state index in [1.807, 2.05) is 37.3 Å². The van der Waals surface area contributed by atoms with Crippen LogP contribution in [0, 0.1) is 5.92 Å². The largest absolute Gasteiger partial charge is 0.479 e. The summed E-state index contributed by atoms with van der Waals surface area (Å²) in [6.45, 7) is 4.38. The van der Waals surface area contributed by atoms with Gasteiger partial charge in [0, 0.05) is 12.5 Å². The van der Waals surface area contributed by atoms with E-state index in [9.17, 15) is 9.90 Å². The monoisotopic (exact) mass is 265 g/mol. The maximum absolute atomic E-state index is 11.2. The Morgan fingerprint density at radius 3 is 2.53 bits per heavy atom. The summed E-state index contributed by atoms with van der Waals surface area (Å²) in [5.41, 5.74) is 6.90. The molecule has 0 aliphatic carbocycles. The van der Waals surface area contributed by atoms with Crippen molar-refractivity contribution < 1.29 is 14.6 Å². The zero-order chi connectivity index (χ0) is 14.3. The molecule has 1 rings (SSSR count). The first-order valence-electron chi connectivity index (χ1n) is 6.68. The van der Waals surface area contributed by atoms with Crippen LogP contribution in [-0.4, -0.2) is 29.8 Å². The Hall–Kier alpha value is -1.39. The second-order valence-corrected chi connectivity index (χ2v) is 4.90. The number of hydrogen-bond donors (Lipinski definition) is 2. The lowest BCUT2D eigenvalue weighted by atomic mass is 10.0. The predicted octanol–water partition coefficient (Wildman–Crippen LogP) is 2.07. The molecule has 0 spiro atoms. The van der Waals surface area contributed by atoms with Crippen molar-refractivity contribution >= 4 is 5.97 Å². The summed E-state index contributed by atoms with van der Waals surface area (Å²) >= 11 is 0. The van der Waals surface area contributed by atoms with Crippen molar-refractivity contribution in [1.29, 1.82) is 0 Å². The van der Waals surface area contributed by atoms with Crippen LogP contribution in [0.4, 0.5) is 0 Å². The summed E-state index contributed by atoms with van der Waals surface area (Å²) < 4.78 is 5.47. The molecule has 3 N–H and O–H groups in total. The molecule has 4 heteroatoms. The molecule has 1 unspecified atom stereocenters. The van der Waals surface area contributed by atoms with Gasteiger partial charge in [-0.1, -0.05) is 50.6 Å². The third-order valence-electron chi connectivity index (χ3n) is 3.40. The number of nitrogens with two attached hydrogens (primary N) is 1. The highest BCUT2D eigenvalue weighted by molar-refractivity contribution is 5.72. The number of rotatable bonds is 8. The maximum atomic E-state index is 11.2. The fourth-order valence-electron chi connectivity index (χ4n) is 1.74. The Bertz CT molecular complexity index is 380. The van der Waals surface area contributed by atoms with Crippen LogP contribution >= 0.6 is 0 Å². The third kappa shape index (κ3) is 5.41. The normalized spacial score (nSPS) is 15.7. The summed E-state index contributed by atoms with van der Waals surface area (Å²) in [5.74, 6) is -0.619. The van der Waals surface area contributed by atoms with Gasteiger partial charge in [-0.05, 0) is 11.5 Å². The Labute approximate surface area is 114 Å². The Morgan fingerprint density at radius 1 is 1.37 bits per heavy atom. The first-order chi connectivity index (χ1) is 9.04. The van der Waals surface area contributed by atoms with E-state index in [0.29, 0.717) is 12.3 Å². The van der Waals surface area contributed by atoms with Gasteiger partial charge in [0.25, 0.3) is 0 Å². The molecule has 1 aromatic carbocycles. The van der Waals surface area contributed by atoms with Gasteiger partial charge in [0.15, 0.2) is 6.10 Å². The molecule has 0 amide bonds. The SMILES string of the molecule is CCC(C)[C@H](N)CO[C@H](Cc1ccccc1)C(=O)O. The zero-order valence-corrected chi connectivity index (χ0v) is 11.6. The Morgan fingerprint density at radius 2 is 2.00 bits per heavy atom. The lowest BCUT2D eigenvalue weighted by Gasteiger charge is -2.21. The second kappa shape index (κ2) is 7.92. The molecule has 0 radical (unpaired) electrons. The van der Waals surface area contributed by atoms with E-state index < -0.39 is 12.1 Å². The zero-order valence-electron chi connectivity index (χ0n) is 11.6. The molecule has 0 aliphatic rings. The van der Waals surface area contributed by atoms with Crippen molar-refractivity contribution in [2.24, 2.45) is 11.7 Å². The van der Waals surface area contributed by atoms with Gasteiger partial charge in [0.1, 0.15) is 0 Å². The van der Waals surface area contributed by atoms with Crippen molar-refractivity contribution in [3.05, 3.63) is 35.9 Å². The highest BCUT2D eigenvalue weighted by atomic mass is 16.5. The topological polar surface area (TPSA) is 72.5 Å². The van der Waals surface area contributed by atoms with Crippen LogP contribution in [-0.2, 0) is 16.0 Å². The number of ether oxygens (including phenoxy) is 1. The van der Waals surface area contributed by atoms with Crippen LogP contribution in [0.3, 0.4) is 0 Å². The van der Waals surface area contributed by atoms with E-state index >= 15 is 0 Å². The highest BCUT2D eigenvalue weighted by Gasteiger charge is 2.21. The number of carbonyl (C=O) groups is 1. The Kier molecular flexibility index (Phi) is 6.53. The van der Waals surface area contributed by atoms with Gasteiger partial charge in [-0.15, -0.1) is 0 Å². The van der Waals surface area contributed by atoms with Crippen molar-refractivity contribution in [3.63, 3.8) is 0 Å². The van der Waals surface area contributed by atoms with Gasteiger partial charge in [-0.2, -0.15) is 0 Å². The summed E-state index contributed by atoms with van der Waals surface area (Å²) in [6, 6.07) is 9.35.